The number of benzene rings is 1. The second-order valence-electron chi connectivity index (χ2n) is 8.79. The number of nitrogens with one attached hydrogen (secondary N) is 1. The number of carbonyl (C=O) groups is 4. The Labute approximate surface area is 191 Å². The maximum absolute atomic E-state index is 13.5. The van der Waals surface area contributed by atoms with Gasteiger partial charge in [-0.15, -0.1) is 0 Å². The molecule has 1 N–H and O–H groups in total. The number of amides is 3. The van der Waals surface area contributed by atoms with Crippen LogP contribution in [0, 0.1) is 12.8 Å². The number of carbonyl (C=O) groups excluding carboxylic acids is 4. The fourth-order valence-electron chi connectivity index (χ4n) is 4.52. The Balaban J connectivity index is 1.63. The SMILES string of the molecule is Cc1cc(NC(=O)COC(=O)C23CCC(=O)N2c2ccccc2C(=O)N3CC(C)C)n(C)n1. The number of fused-ring (bicyclic) bond motifs is 3. The third-order valence-electron chi connectivity index (χ3n) is 5.85. The summed E-state index contributed by atoms with van der Waals surface area (Å²) in [5.74, 6) is -1.44. The first-order valence-corrected chi connectivity index (χ1v) is 10.9. The maximum atomic E-state index is 13.5. The second-order valence-corrected chi connectivity index (χ2v) is 8.79. The van der Waals surface area contributed by atoms with Crippen LogP contribution in [0.3, 0.4) is 0 Å². The van der Waals surface area contributed by atoms with Crippen molar-refractivity contribution in [2.75, 3.05) is 23.4 Å². The van der Waals surface area contributed by atoms with Crippen molar-refractivity contribution >= 4 is 35.2 Å². The van der Waals surface area contributed by atoms with Gasteiger partial charge >= 0.3 is 5.97 Å². The van der Waals surface area contributed by atoms with Crippen LogP contribution >= 0.6 is 0 Å². The largest absolute Gasteiger partial charge is 0.452 e. The number of para-hydroxylation sites is 1. The van der Waals surface area contributed by atoms with Crippen molar-refractivity contribution in [3.05, 3.63) is 41.6 Å². The van der Waals surface area contributed by atoms with Gasteiger partial charge in [-0.1, -0.05) is 26.0 Å². The minimum atomic E-state index is -1.61. The predicted octanol–water partition coefficient (Wildman–Crippen LogP) is 1.85. The molecule has 0 radical (unpaired) electrons. The van der Waals surface area contributed by atoms with E-state index >= 15 is 0 Å². The van der Waals surface area contributed by atoms with Gasteiger partial charge in [-0.25, -0.2) is 4.79 Å². The molecule has 2 aliphatic rings. The Morgan fingerprint density at radius 2 is 1.97 bits per heavy atom. The highest BCUT2D eigenvalue weighted by Gasteiger charge is 2.62. The first kappa shape index (κ1) is 22.5. The number of ether oxygens (including phenoxy) is 1. The smallest absolute Gasteiger partial charge is 0.354 e. The third kappa shape index (κ3) is 3.75. The lowest BCUT2D eigenvalue weighted by Crippen LogP contribution is -2.69. The van der Waals surface area contributed by atoms with Crippen molar-refractivity contribution in [3.8, 4) is 0 Å². The maximum Gasteiger partial charge on any atom is 0.354 e. The molecule has 1 fully saturated rings. The molecule has 1 saturated heterocycles. The molecule has 1 aromatic heterocycles. The molecule has 0 spiro atoms. The van der Waals surface area contributed by atoms with Crippen LogP contribution in [0.4, 0.5) is 11.5 Å². The number of hydrogen-bond acceptors (Lipinski definition) is 6. The summed E-state index contributed by atoms with van der Waals surface area (Å²) in [6, 6.07) is 8.44. The van der Waals surface area contributed by atoms with Gasteiger partial charge in [0, 0.05) is 32.5 Å². The number of anilines is 2. The van der Waals surface area contributed by atoms with Crippen LogP contribution in [0.1, 0.15) is 42.7 Å². The molecule has 2 aliphatic heterocycles. The molecule has 0 aliphatic carbocycles. The van der Waals surface area contributed by atoms with Gasteiger partial charge in [-0.3, -0.25) is 24.0 Å². The molecule has 10 heteroatoms. The molecule has 33 heavy (non-hydrogen) atoms. The van der Waals surface area contributed by atoms with Crippen LogP contribution in [-0.2, 0) is 26.2 Å². The third-order valence-corrected chi connectivity index (χ3v) is 5.85. The molecule has 2 aromatic rings. The molecule has 1 atom stereocenters. The van der Waals surface area contributed by atoms with E-state index in [0.717, 1.165) is 5.69 Å². The first-order chi connectivity index (χ1) is 15.6. The summed E-state index contributed by atoms with van der Waals surface area (Å²) in [6.45, 7) is 5.35. The normalized spacial score (nSPS) is 19.5. The van der Waals surface area contributed by atoms with Crippen LogP contribution < -0.4 is 10.2 Å². The van der Waals surface area contributed by atoms with Crippen molar-refractivity contribution in [3.63, 3.8) is 0 Å². The standard InChI is InChI=1S/C23H27N5O5/c1-14(2)12-27-21(31)16-7-5-6-8-17(16)28-20(30)9-10-23(27,28)22(32)33-13-19(29)24-18-11-15(3)25-26(18)4/h5-8,11,14H,9-10,12-13H2,1-4H3,(H,24,29). The van der Waals surface area contributed by atoms with Gasteiger partial charge in [0.15, 0.2) is 6.61 Å². The predicted molar refractivity (Wildman–Crippen MR) is 119 cm³/mol. The Morgan fingerprint density at radius 3 is 2.64 bits per heavy atom. The van der Waals surface area contributed by atoms with Crippen molar-refractivity contribution in [1.29, 1.82) is 0 Å². The van der Waals surface area contributed by atoms with E-state index in [1.54, 1.807) is 44.3 Å². The molecule has 174 valence electrons. The number of esters is 1. The van der Waals surface area contributed by atoms with Crippen molar-refractivity contribution in [2.45, 2.75) is 39.3 Å². The van der Waals surface area contributed by atoms with Crippen molar-refractivity contribution in [1.82, 2.24) is 14.7 Å². The van der Waals surface area contributed by atoms with Gasteiger partial charge in [0.1, 0.15) is 5.82 Å². The van der Waals surface area contributed by atoms with E-state index in [4.69, 9.17) is 4.74 Å². The number of rotatable bonds is 6. The van der Waals surface area contributed by atoms with Crippen LogP contribution in [0.5, 0.6) is 0 Å². The van der Waals surface area contributed by atoms with E-state index in [1.807, 2.05) is 13.8 Å². The lowest BCUT2D eigenvalue weighted by atomic mass is 9.95. The highest BCUT2D eigenvalue weighted by Crippen LogP contribution is 2.45. The summed E-state index contributed by atoms with van der Waals surface area (Å²) in [7, 11) is 1.68. The van der Waals surface area contributed by atoms with Gasteiger partial charge in [-0.2, -0.15) is 5.10 Å². The Kier molecular flexibility index (Phi) is 5.69. The van der Waals surface area contributed by atoms with E-state index in [-0.39, 0.29) is 37.1 Å². The van der Waals surface area contributed by atoms with E-state index in [1.165, 1.54) is 14.5 Å². The molecule has 0 bridgehead atoms. The Bertz CT molecular complexity index is 1140. The first-order valence-electron chi connectivity index (χ1n) is 10.9. The average molecular weight is 453 g/mol. The molecule has 3 amide bonds. The van der Waals surface area contributed by atoms with Gasteiger partial charge in [0.2, 0.25) is 11.6 Å². The van der Waals surface area contributed by atoms with E-state index in [0.29, 0.717) is 17.1 Å². The topological polar surface area (TPSA) is 114 Å². The van der Waals surface area contributed by atoms with Gasteiger partial charge < -0.3 is 15.0 Å². The molecular weight excluding hydrogens is 426 g/mol. The lowest BCUT2D eigenvalue weighted by Gasteiger charge is -2.48. The van der Waals surface area contributed by atoms with Crippen LogP contribution in [0.15, 0.2) is 30.3 Å². The zero-order valence-electron chi connectivity index (χ0n) is 19.1. The highest BCUT2D eigenvalue weighted by molar-refractivity contribution is 6.15. The minimum absolute atomic E-state index is 0.0396. The zero-order chi connectivity index (χ0) is 23.9. The van der Waals surface area contributed by atoms with Crippen LogP contribution in [0.25, 0.3) is 0 Å². The Hall–Kier alpha value is -3.69. The summed E-state index contributed by atoms with van der Waals surface area (Å²) < 4.78 is 6.93. The van der Waals surface area contributed by atoms with E-state index in [2.05, 4.69) is 10.4 Å². The number of hydrogen-bond donors (Lipinski definition) is 1. The van der Waals surface area contributed by atoms with E-state index in [9.17, 15) is 19.2 Å². The van der Waals surface area contributed by atoms with Crippen LogP contribution in [-0.4, -0.2) is 57.2 Å². The summed E-state index contributed by atoms with van der Waals surface area (Å²) in [5, 5.41) is 6.80. The molecule has 10 nitrogen and oxygen atoms in total. The molecular formula is C23H27N5O5. The molecule has 1 unspecified atom stereocenters. The molecule has 0 saturated carbocycles. The monoisotopic (exact) mass is 453 g/mol. The number of nitrogens with zero attached hydrogens (tertiary/aromatic N) is 4. The average Bonchev–Trinajstić information content (AvgIpc) is 3.28. The van der Waals surface area contributed by atoms with Gasteiger partial charge in [0.25, 0.3) is 11.8 Å². The fourth-order valence-corrected chi connectivity index (χ4v) is 4.52. The quantitative estimate of drug-likeness (QED) is 0.668. The molecule has 3 heterocycles. The summed E-state index contributed by atoms with van der Waals surface area (Å²) in [4.78, 5) is 55.1. The fraction of sp³-hybridized carbons (Fsp3) is 0.435. The summed E-state index contributed by atoms with van der Waals surface area (Å²) in [6.07, 6.45) is 0.186. The van der Waals surface area contributed by atoms with Crippen molar-refractivity contribution < 1.29 is 23.9 Å². The second kappa shape index (κ2) is 8.34. The molecule has 1 aromatic carbocycles. The zero-order valence-corrected chi connectivity index (χ0v) is 19.1. The molecule has 4 rings (SSSR count). The van der Waals surface area contributed by atoms with Crippen molar-refractivity contribution in [2.24, 2.45) is 13.0 Å². The van der Waals surface area contributed by atoms with E-state index < -0.39 is 24.1 Å². The lowest BCUT2D eigenvalue weighted by molar-refractivity contribution is -0.159. The summed E-state index contributed by atoms with van der Waals surface area (Å²) >= 11 is 0. The minimum Gasteiger partial charge on any atom is -0.452 e. The number of aryl methyl sites for hydroxylation is 2. The Morgan fingerprint density at radius 1 is 1.24 bits per heavy atom. The van der Waals surface area contributed by atoms with Crippen LogP contribution in [0.2, 0.25) is 0 Å². The van der Waals surface area contributed by atoms with Gasteiger partial charge in [-0.05, 0) is 25.0 Å². The number of aromatic nitrogens is 2. The van der Waals surface area contributed by atoms with Gasteiger partial charge in [0.05, 0.1) is 16.9 Å². The summed E-state index contributed by atoms with van der Waals surface area (Å²) in [5.41, 5.74) is -0.138. The highest BCUT2D eigenvalue weighted by atomic mass is 16.5.